The van der Waals surface area contributed by atoms with Crippen LogP contribution in [0.25, 0.3) is 11.1 Å². The van der Waals surface area contributed by atoms with Crippen molar-refractivity contribution in [2.24, 2.45) is 5.41 Å². The topological polar surface area (TPSA) is 45.7 Å². The van der Waals surface area contributed by atoms with Gasteiger partial charge in [0.15, 0.2) is 0 Å². The van der Waals surface area contributed by atoms with Gasteiger partial charge in [0.05, 0.1) is 12.5 Å². The number of nitrogens with zero attached hydrogens (tertiary/aromatic N) is 3. The van der Waals surface area contributed by atoms with E-state index in [9.17, 15) is 4.79 Å². The van der Waals surface area contributed by atoms with Gasteiger partial charge in [-0.1, -0.05) is 42.5 Å². The van der Waals surface area contributed by atoms with Gasteiger partial charge in [-0.2, -0.15) is 0 Å². The largest absolute Gasteiger partial charge is 0.497 e. The maximum absolute atomic E-state index is 13.3. The zero-order chi connectivity index (χ0) is 22.6. The van der Waals surface area contributed by atoms with Gasteiger partial charge in [-0.05, 0) is 59.8 Å². The molecule has 0 spiro atoms. The number of likely N-dealkylation sites (tertiary alicyclic amines) is 1. The normalized spacial score (nSPS) is 18.5. The van der Waals surface area contributed by atoms with E-state index in [1.807, 2.05) is 38.5 Å². The number of aromatic nitrogens is 1. The van der Waals surface area contributed by atoms with Crippen molar-refractivity contribution in [2.75, 3.05) is 34.3 Å². The lowest BCUT2D eigenvalue weighted by atomic mass is 9.79. The lowest BCUT2D eigenvalue weighted by Gasteiger charge is -2.31. The van der Waals surface area contributed by atoms with E-state index in [4.69, 9.17) is 4.74 Å². The van der Waals surface area contributed by atoms with E-state index in [1.54, 1.807) is 18.2 Å². The van der Waals surface area contributed by atoms with Crippen LogP contribution < -0.4 is 4.74 Å². The highest BCUT2D eigenvalue weighted by Crippen LogP contribution is 2.37. The van der Waals surface area contributed by atoms with Crippen LogP contribution in [-0.2, 0) is 17.8 Å². The standard InChI is InChI=1S/C27H31N3O2/c1-29(2)26(31)27(13-15-30(20-27)19-22-6-4-8-25(16-22)32-3)17-21-9-11-23(12-10-21)24-7-5-14-28-18-24/h4-12,14,16,18H,13,15,17,19-20H2,1-3H3. The van der Waals surface area contributed by atoms with E-state index in [0.29, 0.717) is 0 Å². The first-order chi connectivity index (χ1) is 15.5. The predicted molar refractivity (Wildman–Crippen MR) is 127 cm³/mol. The number of carbonyl (C=O) groups excluding carboxylic acids is 1. The van der Waals surface area contributed by atoms with Crippen LogP contribution in [0.15, 0.2) is 73.1 Å². The Morgan fingerprint density at radius 1 is 1.06 bits per heavy atom. The van der Waals surface area contributed by atoms with Gasteiger partial charge < -0.3 is 9.64 Å². The molecule has 1 fully saturated rings. The Balaban J connectivity index is 1.52. The summed E-state index contributed by atoms with van der Waals surface area (Å²) in [7, 11) is 5.41. The van der Waals surface area contributed by atoms with Crippen molar-refractivity contribution in [3.63, 3.8) is 0 Å². The smallest absolute Gasteiger partial charge is 0.229 e. The summed E-state index contributed by atoms with van der Waals surface area (Å²) in [6.45, 7) is 2.48. The fourth-order valence-electron chi connectivity index (χ4n) is 4.73. The van der Waals surface area contributed by atoms with E-state index >= 15 is 0 Å². The fourth-order valence-corrected chi connectivity index (χ4v) is 4.73. The van der Waals surface area contributed by atoms with Crippen LogP contribution in [0.4, 0.5) is 0 Å². The molecule has 5 heteroatoms. The molecule has 1 aliphatic heterocycles. The minimum absolute atomic E-state index is 0.210. The van der Waals surface area contributed by atoms with Crippen molar-refractivity contribution in [2.45, 2.75) is 19.4 Å². The van der Waals surface area contributed by atoms with Gasteiger partial charge >= 0.3 is 0 Å². The Morgan fingerprint density at radius 3 is 2.56 bits per heavy atom. The lowest BCUT2D eigenvalue weighted by Crippen LogP contribution is -2.43. The summed E-state index contributed by atoms with van der Waals surface area (Å²) in [5.74, 6) is 1.08. The number of amides is 1. The minimum Gasteiger partial charge on any atom is -0.497 e. The Labute approximate surface area is 190 Å². The van der Waals surface area contributed by atoms with Crippen molar-refractivity contribution in [1.82, 2.24) is 14.8 Å². The van der Waals surface area contributed by atoms with E-state index in [2.05, 4.69) is 52.3 Å². The molecule has 1 amide bonds. The summed E-state index contributed by atoms with van der Waals surface area (Å²) >= 11 is 0. The van der Waals surface area contributed by atoms with Crippen molar-refractivity contribution in [3.8, 4) is 16.9 Å². The first kappa shape index (κ1) is 22.0. The molecule has 1 aromatic heterocycles. The van der Waals surface area contributed by atoms with Crippen LogP contribution >= 0.6 is 0 Å². The van der Waals surface area contributed by atoms with E-state index in [-0.39, 0.29) is 5.91 Å². The Bertz CT molecular complexity index is 1050. The maximum Gasteiger partial charge on any atom is 0.229 e. The van der Waals surface area contributed by atoms with Gasteiger partial charge in [0.1, 0.15) is 5.75 Å². The third-order valence-corrected chi connectivity index (χ3v) is 6.32. The molecule has 1 saturated heterocycles. The third kappa shape index (κ3) is 4.83. The number of pyridine rings is 1. The molecule has 0 saturated carbocycles. The second kappa shape index (κ2) is 9.53. The molecule has 2 heterocycles. The molecule has 2 aromatic carbocycles. The summed E-state index contributed by atoms with van der Waals surface area (Å²) in [5, 5.41) is 0. The SMILES string of the molecule is COc1cccc(CN2CCC(Cc3ccc(-c4cccnc4)cc3)(C(=O)N(C)C)C2)c1. The van der Waals surface area contributed by atoms with Gasteiger partial charge in [0.2, 0.25) is 5.91 Å². The summed E-state index contributed by atoms with van der Waals surface area (Å²) in [5.41, 5.74) is 4.23. The molecular weight excluding hydrogens is 398 g/mol. The zero-order valence-corrected chi connectivity index (χ0v) is 19.1. The first-order valence-corrected chi connectivity index (χ1v) is 11.1. The van der Waals surface area contributed by atoms with E-state index in [0.717, 1.165) is 49.4 Å². The quantitative estimate of drug-likeness (QED) is 0.562. The highest BCUT2D eigenvalue weighted by molar-refractivity contribution is 5.83. The van der Waals surface area contributed by atoms with Crippen LogP contribution in [0.2, 0.25) is 0 Å². The highest BCUT2D eigenvalue weighted by Gasteiger charge is 2.45. The van der Waals surface area contributed by atoms with E-state index < -0.39 is 5.41 Å². The molecule has 166 valence electrons. The van der Waals surface area contributed by atoms with Gasteiger partial charge in [-0.25, -0.2) is 0 Å². The second-order valence-electron chi connectivity index (χ2n) is 8.91. The van der Waals surface area contributed by atoms with Crippen LogP contribution in [0.5, 0.6) is 5.75 Å². The monoisotopic (exact) mass is 429 g/mol. The minimum atomic E-state index is -0.405. The zero-order valence-electron chi connectivity index (χ0n) is 19.1. The number of methoxy groups -OCH3 is 1. The summed E-state index contributed by atoms with van der Waals surface area (Å²) in [6.07, 6.45) is 5.26. The number of benzene rings is 2. The van der Waals surface area contributed by atoms with Crippen LogP contribution in [-0.4, -0.2) is 55.0 Å². The van der Waals surface area contributed by atoms with Gasteiger partial charge in [0, 0.05) is 39.6 Å². The average Bonchev–Trinajstić information content (AvgIpc) is 3.23. The number of rotatable bonds is 7. The van der Waals surface area contributed by atoms with Crippen molar-refractivity contribution in [3.05, 3.63) is 84.2 Å². The fraction of sp³-hybridized carbons (Fsp3) is 0.333. The Kier molecular flexibility index (Phi) is 6.56. The summed E-state index contributed by atoms with van der Waals surface area (Å²) in [4.78, 5) is 21.7. The molecule has 1 atom stereocenters. The molecular formula is C27H31N3O2. The van der Waals surface area contributed by atoms with Crippen molar-refractivity contribution in [1.29, 1.82) is 0 Å². The molecule has 0 radical (unpaired) electrons. The van der Waals surface area contributed by atoms with Crippen LogP contribution in [0.3, 0.4) is 0 Å². The van der Waals surface area contributed by atoms with Crippen molar-refractivity contribution >= 4 is 5.91 Å². The highest BCUT2D eigenvalue weighted by atomic mass is 16.5. The van der Waals surface area contributed by atoms with Crippen LogP contribution in [0.1, 0.15) is 17.5 Å². The van der Waals surface area contributed by atoms with Crippen LogP contribution in [0, 0.1) is 5.41 Å². The molecule has 1 aliphatic rings. The average molecular weight is 430 g/mol. The molecule has 0 N–H and O–H groups in total. The molecule has 1 unspecified atom stereocenters. The number of carbonyl (C=O) groups is 1. The molecule has 5 nitrogen and oxygen atoms in total. The molecule has 32 heavy (non-hydrogen) atoms. The number of hydrogen-bond donors (Lipinski definition) is 0. The van der Waals surface area contributed by atoms with Crippen molar-refractivity contribution < 1.29 is 9.53 Å². The van der Waals surface area contributed by atoms with Gasteiger partial charge in [-0.3, -0.25) is 14.7 Å². The third-order valence-electron chi connectivity index (χ3n) is 6.32. The number of ether oxygens (including phenoxy) is 1. The van der Waals surface area contributed by atoms with Gasteiger partial charge in [0.25, 0.3) is 0 Å². The summed E-state index contributed by atoms with van der Waals surface area (Å²) < 4.78 is 5.37. The molecule has 4 rings (SSSR count). The Morgan fingerprint density at radius 2 is 1.88 bits per heavy atom. The first-order valence-electron chi connectivity index (χ1n) is 11.1. The maximum atomic E-state index is 13.3. The molecule has 0 bridgehead atoms. The predicted octanol–water partition coefficient (Wildman–Crippen LogP) is 4.28. The molecule has 0 aliphatic carbocycles. The molecule has 3 aromatic rings. The lowest BCUT2D eigenvalue weighted by molar-refractivity contribution is -0.138. The van der Waals surface area contributed by atoms with Gasteiger partial charge in [-0.15, -0.1) is 0 Å². The number of hydrogen-bond acceptors (Lipinski definition) is 4. The van der Waals surface area contributed by atoms with E-state index in [1.165, 1.54) is 11.1 Å². The summed E-state index contributed by atoms with van der Waals surface area (Å²) in [6, 6.07) is 20.7. The Hall–Kier alpha value is -3.18. The second-order valence-corrected chi connectivity index (χ2v) is 8.91.